The molecule has 1 aliphatic rings. The molecule has 7 heteroatoms. The third kappa shape index (κ3) is 6.92. The van der Waals surface area contributed by atoms with Crippen LogP contribution in [0.25, 0.3) is 0 Å². The third-order valence-corrected chi connectivity index (χ3v) is 7.46. The van der Waals surface area contributed by atoms with E-state index >= 15 is 0 Å². The Morgan fingerprint density at radius 3 is 2.42 bits per heavy atom. The lowest BCUT2D eigenvalue weighted by molar-refractivity contribution is -0.121. The molecule has 0 atom stereocenters. The molecule has 0 aliphatic heterocycles. The topological polar surface area (TPSA) is 66.5 Å². The van der Waals surface area contributed by atoms with Crippen LogP contribution in [0.5, 0.6) is 0 Å². The minimum absolute atomic E-state index is 0.0892. The first-order chi connectivity index (χ1) is 14.8. The first-order valence-corrected chi connectivity index (χ1v) is 12.4. The molecule has 0 radical (unpaired) electrons. The predicted octanol–water partition coefficient (Wildman–Crippen LogP) is 4.85. The highest BCUT2D eigenvalue weighted by molar-refractivity contribution is 7.89. The van der Waals surface area contributed by atoms with Crippen molar-refractivity contribution >= 4 is 27.5 Å². The van der Waals surface area contributed by atoms with Crippen molar-refractivity contribution in [3.63, 3.8) is 0 Å². The molecule has 1 amide bonds. The van der Waals surface area contributed by atoms with E-state index in [0.717, 1.165) is 30.4 Å². The lowest BCUT2D eigenvalue weighted by Crippen LogP contribution is -2.40. The van der Waals surface area contributed by atoms with Gasteiger partial charge in [-0.05, 0) is 68.9 Å². The zero-order chi connectivity index (χ0) is 22.3. The van der Waals surface area contributed by atoms with E-state index in [4.69, 9.17) is 11.6 Å². The molecule has 2 aromatic carbocycles. The number of nitrogens with one attached hydrogen (secondary N) is 1. The van der Waals surface area contributed by atoms with Gasteiger partial charge < -0.3 is 5.32 Å². The fraction of sp³-hybridized carbons (Fsp3) is 0.375. The van der Waals surface area contributed by atoms with Gasteiger partial charge >= 0.3 is 0 Å². The molecule has 0 heterocycles. The molecule has 3 rings (SSSR count). The van der Waals surface area contributed by atoms with Crippen molar-refractivity contribution in [2.45, 2.75) is 50.5 Å². The Hall–Kier alpha value is -2.15. The molecule has 0 fully saturated rings. The van der Waals surface area contributed by atoms with Gasteiger partial charge in [0.15, 0.2) is 0 Å². The van der Waals surface area contributed by atoms with Gasteiger partial charge in [-0.2, -0.15) is 4.31 Å². The summed E-state index contributed by atoms with van der Waals surface area (Å²) in [5.41, 5.74) is 3.11. The first kappa shape index (κ1) is 23.5. The van der Waals surface area contributed by atoms with Crippen LogP contribution >= 0.6 is 11.6 Å². The predicted molar refractivity (Wildman–Crippen MR) is 124 cm³/mol. The molecule has 0 saturated carbocycles. The van der Waals surface area contributed by atoms with Crippen LogP contribution in [0.3, 0.4) is 0 Å². The molecule has 1 N–H and O–H groups in total. The van der Waals surface area contributed by atoms with E-state index in [1.165, 1.54) is 22.7 Å². The highest BCUT2D eigenvalue weighted by atomic mass is 35.5. The number of allylic oxidation sites excluding steroid dienone is 1. The SMILES string of the molecule is Cc1ccc(S(=O)(=O)N(CC(=O)NCCC2=CCCCC2)Cc2ccc(Cl)cc2)cc1. The zero-order valence-corrected chi connectivity index (χ0v) is 19.4. The second-order valence-electron chi connectivity index (χ2n) is 7.92. The Morgan fingerprint density at radius 2 is 1.77 bits per heavy atom. The van der Waals surface area contributed by atoms with E-state index in [2.05, 4.69) is 11.4 Å². The Kier molecular flexibility index (Phi) is 8.29. The number of nitrogens with zero attached hydrogens (tertiary/aromatic N) is 1. The second kappa shape index (κ2) is 10.9. The zero-order valence-electron chi connectivity index (χ0n) is 17.8. The molecule has 5 nitrogen and oxygen atoms in total. The van der Waals surface area contributed by atoms with Crippen LogP contribution in [0.2, 0.25) is 5.02 Å². The van der Waals surface area contributed by atoms with Crippen LogP contribution in [-0.4, -0.2) is 31.7 Å². The molecule has 2 aromatic rings. The van der Waals surface area contributed by atoms with Crippen LogP contribution in [0.15, 0.2) is 65.1 Å². The van der Waals surface area contributed by atoms with E-state index in [1.54, 1.807) is 48.5 Å². The van der Waals surface area contributed by atoms with Crippen LogP contribution in [0.1, 0.15) is 43.2 Å². The third-order valence-electron chi connectivity index (χ3n) is 5.40. The number of carbonyl (C=O) groups excluding carboxylic acids is 1. The Morgan fingerprint density at radius 1 is 1.06 bits per heavy atom. The van der Waals surface area contributed by atoms with Crippen molar-refractivity contribution in [1.29, 1.82) is 0 Å². The second-order valence-corrected chi connectivity index (χ2v) is 10.3. The van der Waals surface area contributed by atoms with Crippen LogP contribution in [0, 0.1) is 6.92 Å². The lowest BCUT2D eigenvalue weighted by Gasteiger charge is -2.22. The Balaban J connectivity index is 1.71. The quantitative estimate of drug-likeness (QED) is 0.544. The standard InChI is InChI=1S/C24H29ClN2O3S/c1-19-7-13-23(14-8-19)31(29,30)27(17-21-9-11-22(25)12-10-21)18-24(28)26-16-15-20-5-3-2-4-6-20/h5,7-14H,2-4,6,15-18H2,1H3,(H,26,28). The summed E-state index contributed by atoms with van der Waals surface area (Å²) in [6, 6.07) is 13.6. The summed E-state index contributed by atoms with van der Waals surface area (Å²) >= 11 is 5.95. The molecule has 0 bridgehead atoms. The minimum Gasteiger partial charge on any atom is -0.355 e. The van der Waals surface area contributed by atoms with Crippen LogP contribution in [0.4, 0.5) is 0 Å². The normalized spacial score (nSPS) is 14.4. The minimum atomic E-state index is -3.84. The summed E-state index contributed by atoms with van der Waals surface area (Å²) in [7, 11) is -3.84. The largest absolute Gasteiger partial charge is 0.355 e. The van der Waals surface area contributed by atoms with E-state index in [0.29, 0.717) is 11.6 Å². The molecule has 0 spiro atoms. The fourth-order valence-electron chi connectivity index (χ4n) is 3.59. The molecule has 0 saturated heterocycles. The van der Waals surface area contributed by atoms with Gasteiger partial charge in [-0.25, -0.2) is 8.42 Å². The van der Waals surface area contributed by atoms with Crippen LogP contribution < -0.4 is 5.32 Å². The maximum atomic E-state index is 13.3. The smallest absolute Gasteiger partial charge is 0.243 e. The number of benzene rings is 2. The molecular formula is C24H29ClN2O3S. The number of sulfonamides is 1. The van der Waals surface area contributed by atoms with E-state index < -0.39 is 10.0 Å². The van der Waals surface area contributed by atoms with E-state index in [1.807, 2.05) is 6.92 Å². The van der Waals surface area contributed by atoms with E-state index in [-0.39, 0.29) is 23.9 Å². The van der Waals surface area contributed by atoms with Crippen LogP contribution in [-0.2, 0) is 21.4 Å². The van der Waals surface area contributed by atoms with Crippen molar-refractivity contribution in [2.75, 3.05) is 13.1 Å². The lowest BCUT2D eigenvalue weighted by atomic mass is 9.97. The molecular weight excluding hydrogens is 432 g/mol. The molecule has 0 aromatic heterocycles. The summed E-state index contributed by atoms with van der Waals surface area (Å²) < 4.78 is 27.8. The maximum Gasteiger partial charge on any atom is 0.243 e. The van der Waals surface area contributed by atoms with E-state index in [9.17, 15) is 13.2 Å². The molecule has 31 heavy (non-hydrogen) atoms. The molecule has 1 aliphatic carbocycles. The number of amides is 1. The average Bonchev–Trinajstić information content (AvgIpc) is 2.76. The Bertz CT molecular complexity index is 1020. The van der Waals surface area contributed by atoms with Crippen molar-refractivity contribution in [1.82, 2.24) is 9.62 Å². The van der Waals surface area contributed by atoms with Crippen molar-refractivity contribution in [3.8, 4) is 0 Å². The van der Waals surface area contributed by atoms with Gasteiger partial charge in [0, 0.05) is 18.1 Å². The van der Waals surface area contributed by atoms with Crippen molar-refractivity contribution in [2.24, 2.45) is 0 Å². The fourth-order valence-corrected chi connectivity index (χ4v) is 5.10. The van der Waals surface area contributed by atoms with Crippen molar-refractivity contribution < 1.29 is 13.2 Å². The van der Waals surface area contributed by atoms with Gasteiger partial charge in [-0.1, -0.05) is 53.1 Å². The number of hydrogen-bond acceptors (Lipinski definition) is 3. The van der Waals surface area contributed by atoms with Gasteiger partial charge in [-0.3, -0.25) is 4.79 Å². The Labute approximate surface area is 190 Å². The molecule has 0 unspecified atom stereocenters. The average molecular weight is 461 g/mol. The highest BCUT2D eigenvalue weighted by Crippen LogP contribution is 2.21. The number of carbonyl (C=O) groups is 1. The highest BCUT2D eigenvalue weighted by Gasteiger charge is 2.27. The summed E-state index contributed by atoms with van der Waals surface area (Å²) in [4.78, 5) is 12.8. The van der Waals surface area contributed by atoms with Gasteiger partial charge in [0.05, 0.1) is 11.4 Å². The van der Waals surface area contributed by atoms with Gasteiger partial charge in [0.2, 0.25) is 15.9 Å². The molecule has 166 valence electrons. The van der Waals surface area contributed by atoms with Gasteiger partial charge in [0.25, 0.3) is 0 Å². The number of rotatable bonds is 9. The number of halogens is 1. The summed E-state index contributed by atoms with van der Waals surface area (Å²) in [6.07, 6.45) is 7.68. The maximum absolute atomic E-state index is 13.3. The summed E-state index contributed by atoms with van der Waals surface area (Å²) in [5, 5.41) is 3.46. The van der Waals surface area contributed by atoms with Gasteiger partial charge in [-0.15, -0.1) is 0 Å². The number of aryl methyl sites for hydroxylation is 1. The first-order valence-electron chi connectivity index (χ1n) is 10.6. The summed E-state index contributed by atoms with van der Waals surface area (Å²) in [6.45, 7) is 2.27. The van der Waals surface area contributed by atoms with Crippen molar-refractivity contribution in [3.05, 3.63) is 76.3 Å². The van der Waals surface area contributed by atoms with Gasteiger partial charge in [0.1, 0.15) is 0 Å². The monoisotopic (exact) mass is 460 g/mol. The summed E-state index contributed by atoms with van der Waals surface area (Å²) in [5.74, 6) is -0.305. The number of hydrogen-bond donors (Lipinski definition) is 1.